The molecule has 14 aromatic rings. The van der Waals surface area contributed by atoms with Crippen LogP contribution >= 0.6 is 0 Å². The average molecular weight is 983 g/mol. The standard InChI is InChI=1S/C73H50N2Si/c1-6-24-53(25-7-1)73(54-26-8-2-9-27-54)66-40-19-16-36-60(66)61-46-44-52(49-67(61)73)51-45-47-70-65(48-51)63-38-18-21-42-69(63)75(70)71-43-23-39-64-62-37-17-20-41-68(62)74(72(64)71)55-28-22-35-59(50-55)76(56-29-10-3-11-30-56,57-31-12-4-13-32-57)58-33-14-5-15-34-58/h1-50H. The van der Waals surface area contributed by atoms with Crippen molar-refractivity contribution in [2.75, 3.05) is 0 Å². The summed E-state index contributed by atoms with van der Waals surface area (Å²) in [6.45, 7) is 0. The van der Waals surface area contributed by atoms with E-state index in [9.17, 15) is 0 Å². The smallest absolute Gasteiger partial charge is 0.179 e. The summed E-state index contributed by atoms with van der Waals surface area (Å²) in [5.74, 6) is 0. The maximum absolute atomic E-state index is 2.84. The topological polar surface area (TPSA) is 9.86 Å². The van der Waals surface area contributed by atoms with Crippen LogP contribution in [0.2, 0.25) is 0 Å². The molecule has 0 saturated carbocycles. The number of hydrogen-bond donors (Lipinski definition) is 0. The molecule has 2 aromatic heterocycles. The molecule has 0 spiro atoms. The molecule has 0 amide bonds. The third kappa shape index (κ3) is 6.40. The number of benzene rings is 12. The molecule has 76 heavy (non-hydrogen) atoms. The maximum Gasteiger partial charge on any atom is 0.179 e. The van der Waals surface area contributed by atoms with Crippen molar-refractivity contribution in [2.24, 2.45) is 0 Å². The summed E-state index contributed by atoms with van der Waals surface area (Å²) in [4.78, 5) is 0. The van der Waals surface area contributed by atoms with Gasteiger partial charge in [0.2, 0.25) is 0 Å². The van der Waals surface area contributed by atoms with E-state index in [-0.39, 0.29) is 0 Å². The predicted molar refractivity (Wildman–Crippen MR) is 321 cm³/mol. The molecular formula is C73H50N2Si. The van der Waals surface area contributed by atoms with E-state index in [1.807, 2.05) is 0 Å². The molecule has 0 saturated heterocycles. The Morgan fingerprint density at radius 1 is 0.276 bits per heavy atom. The Morgan fingerprint density at radius 2 is 0.737 bits per heavy atom. The first-order chi connectivity index (χ1) is 37.7. The fraction of sp³-hybridized carbons (Fsp3) is 0.0137. The van der Waals surface area contributed by atoms with Gasteiger partial charge in [-0.05, 0) is 114 Å². The number of rotatable bonds is 9. The third-order valence-corrected chi connectivity index (χ3v) is 21.3. The Labute approximate surface area is 443 Å². The minimum atomic E-state index is -2.84. The van der Waals surface area contributed by atoms with Crippen LogP contribution in [0.25, 0.3) is 77.2 Å². The van der Waals surface area contributed by atoms with Crippen LogP contribution in [0, 0.1) is 0 Å². The van der Waals surface area contributed by atoms with Crippen LogP contribution in [-0.4, -0.2) is 17.2 Å². The maximum atomic E-state index is 2.53. The highest BCUT2D eigenvalue weighted by Crippen LogP contribution is 2.57. The second kappa shape index (κ2) is 17.6. The molecule has 0 bridgehead atoms. The molecular weight excluding hydrogens is 933 g/mol. The zero-order valence-electron chi connectivity index (χ0n) is 41.8. The molecule has 0 aliphatic heterocycles. The Bertz CT molecular complexity index is 4360. The Kier molecular flexibility index (Phi) is 10.2. The largest absolute Gasteiger partial charge is 0.307 e. The second-order valence-corrected chi connectivity index (χ2v) is 24.1. The summed E-state index contributed by atoms with van der Waals surface area (Å²) >= 11 is 0. The second-order valence-electron chi connectivity index (χ2n) is 20.3. The molecule has 1 aliphatic carbocycles. The number of fused-ring (bicyclic) bond motifs is 9. The van der Waals surface area contributed by atoms with E-state index in [1.165, 1.54) is 109 Å². The van der Waals surface area contributed by atoms with Gasteiger partial charge in [-0.3, -0.25) is 0 Å². The van der Waals surface area contributed by atoms with Gasteiger partial charge in [-0.1, -0.05) is 255 Å². The van der Waals surface area contributed by atoms with E-state index in [0.717, 1.165) is 11.4 Å². The first-order valence-corrected chi connectivity index (χ1v) is 28.4. The highest BCUT2D eigenvalue weighted by molar-refractivity contribution is 7.19. The summed E-state index contributed by atoms with van der Waals surface area (Å²) < 4.78 is 5.05. The molecule has 3 heteroatoms. The van der Waals surface area contributed by atoms with Crippen LogP contribution < -0.4 is 20.7 Å². The number of nitrogens with zero attached hydrogens (tertiary/aromatic N) is 2. The van der Waals surface area contributed by atoms with E-state index in [2.05, 4.69) is 312 Å². The average Bonchev–Trinajstić information content (AvgIpc) is 4.14. The molecule has 0 unspecified atom stereocenters. The lowest BCUT2D eigenvalue weighted by molar-refractivity contribution is 0.769. The van der Waals surface area contributed by atoms with E-state index in [4.69, 9.17) is 0 Å². The molecule has 12 aromatic carbocycles. The highest BCUT2D eigenvalue weighted by atomic mass is 28.3. The molecule has 2 nitrogen and oxygen atoms in total. The van der Waals surface area contributed by atoms with Crippen molar-refractivity contribution in [3.05, 3.63) is 326 Å². The first-order valence-electron chi connectivity index (χ1n) is 26.4. The quantitative estimate of drug-likeness (QED) is 0.101. The zero-order chi connectivity index (χ0) is 50.2. The normalized spacial score (nSPS) is 12.8. The molecule has 1 aliphatic rings. The van der Waals surface area contributed by atoms with Gasteiger partial charge >= 0.3 is 0 Å². The minimum Gasteiger partial charge on any atom is -0.307 e. The molecule has 0 N–H and O–H groups in total. The molecule has 15 rings (SSSR count). The van der Waals surface area contributed by atoms with Gasteiger partial charge in [0, 0.05) is 27.2 Å². The van der Waals surface area contributed by atoms with Crippen molar-refractivity contribution in [1.82, 2.24) is 9.13 Å². The van der Waals surface area contributed by atoms with Crippen LogP contribution in [0.5, 0.6) is 0 Å². The van der Waals surface area contributed by atoms with Crippen molar-refractivity contribution in [3.8, 4) is 33.6 Å². The van der Waals surface area contributed by atoms with Gasteiger partial charge in [-0.25, -0.2) is 0 Å². The lowest BCUT2D eigenvalue weighted by atomic mass is 9.67. The number of aromatic nitrogens is 2. The van der Waals surface area contributed by atoms with Gasteiger partial charge in [0.15, 0.2) is 8.07 Å². The van der Waals surface area contributed by atoms with Gasteiger partial charge in [0.25, 0.3) is 0 Å². The van der Waals surface area contributed by atoms with Crippen molar-refractivity contribution in [3.63, 3.8) is 0 Å². The van der Waals surface area contributed by atoms with Crippen molar-refractivity contribution in [1.29, 1.82) is 0 Å². The summed E-state index contributed by atoms with van der Waals surface area (Å²) in [6.07, 6.45) is 0. The predicted octanol–water partition coefficient (Wildman–Crippen LogP) is 15.3. The van der Waals surface area contributed by atoms with E-state index >= 15 is 0 Å². The summed E-state index contributed by atoms with van der Waals surface area (Å²) in [5, 5.41) is 10.3. The minimum absolute atomic E-state index is 0.477. The zero-order valence-corrected chi connectivity index (χ0v) is 42.8. The third-order valence-electron chi connectivity index (χ3n) is 16.5. The molecule has 0 radical (unpaired) electrons. The lowest BCUT2D eigenvalue weighted by Crippen LogP contribution is -2.74. The van der Waals surface area contributed by atoms with E-state index in [1.54, 1.807) is 0 Å². The number of hydrogen-bond acceptors (Lipinski definition) is 0. The van der Waals surface area contributed by atoms with Gasteiger partial charge in [0.05, 0.1) is 33.2 Å². The fourth-order valence-corrected chi connectivity index (χ4v) is 18.2. The van der Waals surface area contributed by atoms with Crippen LogP contribution in [-0.2, 0) is 5.41 Å². The highest BCUT2D eigenvalue weighted by Gasteiger charge is 2.46. The summed E-state index contributed by atoms with van der Waals surface area (Å²) in [7, 11) is -2.84. The fourth-order valence-electron chi connectivity index (χ4n) is 13.4. The molecule has 0 fully saturated rings. The van der Waals surface area contributed by atoms with E-state index in [0.29, 0.717) is 0 Å². The first kappa shape index (κ1) is 44.0. The molecule has 2 heterocycles. The van der Waals surface area contributed by atoms with Crippen molar-refractivity contribution in [2.45, 2.75) is 5.41 Å². The Hall–Kier alpha value is -9.54. The Morgan fingerprint density at radius 3 is 1.38 bits per heavy atom. The summed E-state index contributed by atoms with van der Waals surface area (Å²) in [5.41, 5.74) is 16.6. The van der Waals surface area contributed by atoms with Crippen LogP contribution in [0.15, 0.2) is 303 Å². The number of para-hydroxylation sites is 3. The van der Waals surface area contributed by atoms with Crippen LogP contribution in [0.4, 0.5) is 0 Å². The summed E-state index contributed by atoms with van der Waals surface area (Å²) in [6, 6.07) is 113. The van der Waals surface area contributed by atoms with Gasteiger partial charge in [-0.2, -0.15) is 0 Å². The molecule has 0 atom stereocenters. The van der Waals surface area contributed by atoms with Crippen LogP contribution in [0.1, 0.15) is 22.3 Å². The molecule has 356 valence electrons. The lowest BCUT2D eigenvalue weighted by Gasteiger charge is -2.34. The van der Waals surface area contributed by atoms with Gasteiger partial charge in [-0.15, -0.1) is 0 Å². The SMILES string of the molecule is c1ccc(C2(c3ccccc3)c3ccccc3-c3ccc(-c4ccc5c(c4)c4ccccc4n5-c4cccc5c6ccccc6n(-c6cccc([Si](c7ccccc7)(c7ccccc7)c7ccccc7)c6)c45)cc32)cc1. The van der Waals surface area contributed by atoms with Gasteiger partial charge in [0.1, 0.15) is 0 Å². The Balaban J connectivity index is 0.945. The van der Waals surface area contributed by atoms with Gasteiger partial charge < -0.3 is 9.13 Å². The monoisotopic (exact) mass is 982 g/mol. The van der Waals surface area contributed by atoms with Crippen LogP contribution in [0.3, 0.4) is 0 Å². The van der Waals surface area contributed by atoms with Crippen molar-refractivity contribution >= 4 is 72.4 Å². The van der Waals surface area contributed by atoms with Crippen molar-refractivity contribution < 1.29 is 0 Å². The van der Waals surface area contributed by atoms with E-state index < -0.39 is 13.5 Å².